The minimum Gasteiger partial charge on any atom is -0.383 e. The van der Waals surface area contributed by atoms with Gasteiger partial charge in [0.2, 0.25) is 5.91 Å². The lowest BCUT2D eigenvalue weighted by molar-refractivity contribution is -0.119. The number of amides is 2. The maximum Gasteiger partial charge on any atom is 0.261 e. The molecule has 0 spiro atoms. The quantitative estimate of drug-likeness (QED) is 0.582. The zero-order valence-corrected chi connectivity index (χ0v) is 13.9. The molecule has 8 heteroatoms. The summed E-state index contributed by atoms with van der Waals surface area (Å²) in [6.45, 7) is 4.64. The van der Waals surface area contributed by atoms with E-state index in [4.69, 9.17) is 4.74 Å². The van der Waals surface area contributed by atoms with Gasteiger partial charge in [0, 0.05) is 38.5 Å². The number of ether oxygens (including phenoxy) is 1. The van der Waals surface area contributed by atoms with E-state index in [2.05, 4.69) is 16.0 Å². The molecule has 0 bridgehead atoms. The van der Waals surface area contributed by atoms with Crippen LogP contribution >= 0.6 is 23.7 Å². The standard InChI is InChI=1S/C13H21N3O3S.ClH/c1-10(17)16-9-11-3-4-12(20-11)13(18)15-6-5-14-7-8-19-2;/h3-4,14H,5-9H2,1-2H3,(H,15,18)(H,16,17);1H. The Hall–Kier alpha value is -1.15. The summed E-state index contributed by atoms with van der Waals surface area (Å²) in [4.78, 5) is 24.3. The lowest BCUT2D eigenvalue weighted by Crippen LogP contribution is -2.32. The van der Waals surface area contributed by atoms with Gasteiger partial charge in [0.05, 0.1) is 18.0 Å². The van der Waals surface area contributed by atoms with E-state index in [9.17, 15) is 9.59 Å². The minimum absolute atomic E-state index is 0. The maximum absolute atomic E-state index is 11.8. The monoisotopic (exact) mass is 335 g/mol. The first kappa shape index (κ1) is 19.9. The van der Waals surface area contributed by atoms with Crippen LogP contribution in [0, 0.1) is 0 Å². The van der Waals surface area contributed by atoms with Gasteiger partial charge in [0.15, 0.2) is 0 Å². The summed E-state index contributed by atoms with van der Waals surface area (Å²) in [7, 11) is 1.65. The molecule has 0 radical (unpaired) electrons. The van der Waals surface area contributed by atoms with Gasteiger partial charge in [-0.2, -0.15) is 0 Å². The van der Waals surface area contributed by atoms with E-state index >= 15 is 0 Å². The van der Waals surface area contributed by atoms with Crippen LogP contribution in [0.1, 0.15) is 21.5 Å². The minimum atomic E-state index is -0.0855. The molecule has 1 heterocycles. The third-order valence-corrected chi connectivity index (χ3v) is 3.55. The Kier molecular flexibility index (Phi) is 10.9. The Bertz CT molecular complexity index is 440. The average molecular weight is 336 g/mol. The van der Waals surface area contributed by atoms with Crippen LogP contribution in [0.4, 0.5) is 0 Å². The van der Waals surface area contributed by atoms with Crippen LogP contribution < -0.4 is 16.0 Å². The first-order valence-corrected chi connectivity index (χ1v) is 7.26. The molecule has 2 amide bonds. The number of halogens is 1. The summed E-state index contributed by atoms with van der Waals surface area (Å²) in [5, 5.41) is 8.69. The molecule has 0 fully saturated rings. The number of thiophene rings is 1. The smallest absolute Gasteiger partial charge is 0.261 e. The van der Waals surface area contributed by atoms with E-state index in [-0.39, 0.29) is 24.2 Å². The molecule has 0 aromatic carbocycles. The van der Waals surface area contributed by atoms with Crippen LogP contribution in [0.25, 0.3) is 0 Å². The molecule has 0 aliphatic heterocycles. The molecule has 0 saturated carbocycles. The molecule has 6 nitrogen and oxygen atoms in total. The number of nitrogens with one attached hydrogen (secondary N) is 3. The molecule has 0 aliphatic rings. The zero-order valence-electron chi connectivity index (χ0n) is 12.2. The lowest BCUT2D eigenvalue weighted by atomic mass is 10.4. The van der Waals surface area contributed by atoms with Crippen molar-refractivity contribution in [2.75, 3.05) is 33.4 Å². The second-order valence-corrected chi connectivity index (χ2v) is 5.34. The van der Waals surface area contributed by atoms with Crippen molar-refractivity contribution in [3.63, 3.8) is 0 Å². The van der Waals surface area contributed by atoms with Crippen molar-refractivity contribution in [2.24, 2.45) is 0 Å². The molecular weight excluding hydrogens is 314 g/mol. The Balaban J connectivity index is 0.00000400. The van der Waals surface area contributed by atoms with Crippen molar-refractivity contribution in [3.05, 3.63) is 21.9 Å². The first-order valence-electron chi connectivity index (χ1n) is 6.44. The summed E-state index contributed by atoms with van der Waals surface area (Å²) >= 11 is 1.39. The molecule has 3 N–H and O–H groups in total. The van der Waals surface area contributed by atoms with Gasteiger partial charge in [-0.25, -0.2) is 0 Å². The third kappa shape index (κ3) is 8.67. The first-order chi connectivity index (χ1) is 9.63. The van der Waals surface area contributed by atoms with Gasteiger partial charge in [-0.3, -0.25) is 9.59 Å². The van der Waals surface area contributed by atoms with Crippen LogP contribution in [-0.4, -0.2) is 45.2 Å². The van der Waals surface area contributed by atoms with Gasteiger partial charge < -0.3 is 20.7 Å². The summed E-state index contributed by atoms with van der Waals surface area (Å²) in [5.41, 5.74) is 0. The Morgan fingerprint density at radius 2 is 1.95 bits per heavy atom. The van der Waals surface area contributed by atoms with E-state index in [1.54, 1.807) is 13.2 Å². The van der Waals surface area contributed by atoms with Crippen LogP contribution in [0.3, 0.4) is 0 Å². The van der Waals surface area contributed by atoms with Crippen molar-refractivity contribution in [2.45, 2.75) is 13.5 Å². The van der Waals surface area contributed by atoms with Crippen LogP contribution in [0.5, 0.6) is 0 Å². The highest BCUT2D eigenvalue weighted by molar-refractivity contribution is 7.14. The molecule has 1 aromatic heterocycles. The summed E-state index contributed by atoms with van der Waals surface area (Å²) in [6.07, 6.45) is 0. The second-order valence-electron chi connectivity index (χ2n) is 4.17. The third-order valence-electron chi connectivity index (χ3n) is 2.47. The molecule has 1 aromatic rings. The molecule has 0 aliphatic carbocycles. The number of methoxy groups -OCH3 is 1. The molecule has 0 atom stereocenters. The topological polar surface area (TPSA) is 79.5 Å². The van der Waals surface area contributed by atoms with Crippen molar-refractivity contribution < 1.29 is 14.3 Å². The zero-order chi connectivity index (χ0) is 14.8. The van der Waals surface area contributed by atoms with E-state index in [1.807, 2.05) is 6.07 Å². The van der Waals surface area contributed by atoms with E-state index in [0.29, 0.717) is 31.1 Å². The summed E-state index contributed by atoms with van der Waals surface area (Å²) in [6, 6.07) is 3.63. The predicted octanol–water partition coefficient (Wildman–Crippen LogP) is 0.772. The average Bonchev–Trinajstić information content (AvgIpc) is 2.89. The lowest BCUT2D eigenvalue weighted by Gasteiger charge is -2.05. The van der Waals surface area contributed by atoms with Gasteiger partial charge in [0.1, 0.15) is 0 Å². The maximum atomic E-state index is 11.8. The predicted molar refractivity (Wildman–Crippen MR) is 86.2 cm³/mol. The molecule has 0 saturated heterocycles. The molecular formula is C13H22ClN3O3S. The van der Waals surface area contributed by atoms with Crippen molar-refractivity contribution in [1.82, 2.24) is 16.0 Å². The largest absolute Gasteiger partial charge is 0.383 e. The fourth-order valence-corrected chi connectivity index (χ4v) is 2.32. The van der Waals surface area contributed by atoms with Crippen molar-refractivity contribution in [3.8, 4) is 0 Å². The highest BCUT2D eigenvalue weighted by Gasteiger charge is 2.08. The fourth-order valence-electron chi connectivity index (χ4n) is 1.46. The number of carbonyl (C=O) groups is 2. The normalized spacial score (nSPS) is 9.81. The number of hydrogen-bond donors (Lipinski definition) is 3. The van der Waals surface area contributed by atoms with Crippen LogP contribution in [0.2, 0.25) is 0 Å². The molecule has 0 unspecified atom stereocenters. The van der Waals surface area contributed by atoms with E-state index < -0.39 is 0 Å². The van der Waals surface area contributed by atoms with Crippen molar-refractivity contribution >= 4 is 35.6 Å². The van der Waals surface area contributed by atoms with Gasteiger partial charge in [0.25, 0.3) is 5.91 Å². The Morgan fingerprint density at radius 1 is 1.19 bits per heavy atom. The SMILES string of the molecule is COCCNCCNC(=O)c1ccc(CNC(C)=O)s1.Cl. The van der Waals surface area contributed by atoms with Crippen LogP contribution in [-0.2, 0) is 16.1 Å². The van der Waals surface area contributed by atoms with Gasteiger partial charge >= 0.3 is 0 Å². The van der Waals surface area contributed by atoms with Gasteiger partial charge in [-0.1, -0.05) is 0 Å². The Morgan fingerprint density at radius 3 is 2.62 bits per heavy atom. The van der Waals surface area contributed by atoms with E-state index in [0.717, 1.165) is 11.4 Å². The summed E-state index contributed by atoms with van der Waals surface area (Å²) in [5.74, 6) is -0.163. The second kappa shape index (κ2) is 11.5. The van der Waals surface area contributed by atoms with Crippen LogP contribution in [0.15, 0.2) is 12.1 Å². The highest BCUT2D eigenvalue weighted by atomic mass is 35.5. The Labute approximate surface area is 135 Å². The van der Waals surface area contributed by atoms with Crippen molar-refractivity contribution in [1.29, 1.82) is 0 Å². The highest BCUT2D eigenvalue weighted by Crippen LogP contribution is 2.15. The van der Waals surface area contributed by atoms with Gasteiger partial charge in [-0.05, 0) is 12.1 Å². The summed E-state index contributed by atoms with van der Waals surface area (Å²) < 4.78 is 4.90. The van der Waals surface area contributed by atoms with E-state index in [1.165, 1.54) is 18.3 Å². The number of hydrogen-bond acceptors (Lipinski definition) is 5. The number of carbonyl (C=O) groups excluding carboxylic acids is 2. The molecule has 1 rings (SSSR count). The van der Waals surface area contributed by atoms with Gasteiger partial charge in [-0.15, -0.1) is 23.7 Å². The molecule has 21 heavy (non-hydrogen) atoms. The molecule has 120 valence electrons. The number of rotatable bonds is 9. The fraction of sp³-hybridized carbons (Fsp3) is 0.538.